The summed E-state index contributed by atoms with van der Waals surface area (Å²) < 4.78 is 0. The number of H-pyrrole nitrogens is 1. The molecule has 3 rings (SSSR count). The summed E-state index contributed by atoms with van der Waals surface area (Å²) in [5, 5.41) is 13.0. The number of rotatable bonds is 3. The molecule has 0 radical (unpaired) electrons. The van der Waals surface area contributed by atoms with Crippen LogP contribution in [-0.2, 0) is 9.59 Å². The van der Waals surface area contributed by atoms with Crippen molar-refractivity contribution in [3.8, 4) is 0 Å². The number of nitrogens with one attached hydrogen (secondary N) is 2. The molecule has 2 aromatic rings. The largest absolute Gasteiger partial charge is 0.481 e. The molecule has 0 saturated heterocycles. The maximum atomic E-state index is 12.3. The van der Waals surface area contributed by atoms with Crippen LogP contribution in [0.3, 0.4) is 0 Å². The molecular formula is C16H18N2O3. The van der Waals surface area contributed by atoms with Crippen LogP contribution in [0, 0.1) is 11.8 Å². The average Bonchev–Trinajstić information content (AvgIpc) is 2.97. The number of carbonyl (C=O) groups is 2. The second-order valence-corrected chi connectivity index (χ2v) is 5.62. The molecule has 0 atom stereocenters. The Labute approximate surface area is 122 Å². The van der Waals surface area contributed by atoms with Gasteiger partial charge in [-0.15, -0.1) is 0 Å². The number of hydrogen-bond donors (Lipinski definition) is 3. The Hall–Kier alpha value is -2.30. The predicted octanol–water partition coefficient (Wildman–Crippen LogP) is 3.00. The van der Waals surface area contributed by atoms with Crippen molar-refractivity contribution >= 4 is 28.5 Å². The van der Waals surface area contributed by atoms with Gasteiger partial charge >= 0.3 is 5.97 Å². The zero-order chi connectivity index (χ0) is 14.8. The van der Waals surface area contributed by atoms with Gasteiger partial charge in [0.1, 0.15) is 0 Å². The van der Waals surface area contributed by atoms with Gasteiger partial charge in [-0.05, 0) is 43.9 Å². The first-order valence-electron chi connectivity index (χ1n) is 7.25. The molecule has 110 valence electrons. The fourth-order valence-electron chi connectivity index (χ4n) is 3.03. The first-order chi connectivity index (χ1) is 10.1. The van der Waals surface area contributed by atoms with Crippen molar-refractivity contribution in [1.29, 1.82) is 0 Å². The van der Waals surface area contributed by atoms with E-state index in [1.807, 2.05) is 30.5 Å². The molecule has 1 fully saturated rings. The molecule has 21 heavy (non-hydrogen) atoms. The van der Waals surface area contributed by atoms with Crippen LogP contribution in [0.1, 0.15) is 25.7 Å². The minimum absolute atomic E-state index is 0.00691. The number of carboxylic acids is 1. The normalized spacial score (nSPS) is 22.1. The van der Waals surface area contributed by atoms with Gasteiger partial charge in [-0.1, -0.05) is 6.07 Å². The van der Waals surface area contributed by atoms with Crippen molar-refractivity contribution in [2.24, 2.45) is 11.8 Å². The molecule has 0 unspecified atom stereocenters. The maximum absolute atomic E-state index is 12.3. The molecule has 5 heteroatoms. The highest BCUT2D eigenvalue weighted by Crippen LogP contribution is 2.30. The van der Waals surface area contributed by atoms with E-state index in [-0.39, 0.29) is 17.7 Å². The van der Waals surface area contributed by atoms with Crippen LogP contribution in [0.15, 0.2) is 30.5 Å². The summed E-state index contributed by atoms with van der Waals surface area (Å²) in [5.74, 6) is -1.13. The zero-order valence-corrected chi connectivity index (χ0v) is 11.6. The lowest BCUT2D eigenvalue weighted by atomic mass is 9.81. The van der Waals surface area contributed by atoms with Gasteiger partial charge in [-0.25, -0.2) is 0 Å². The molecule has 0 spiro atoms. The minimum atomic E-state index is -0.744. The van der Waals surface area contributed by atoms with E-state index < -0.39 is 5.97 Å². The van der Waals surface area contributed by atoms with Crippen LogP contribution in [-0.4, -0.2) is 22.0 Å². The molecule has 1 saturated carbocycles. The Kier molecular flexibility index (Phi) is 3.64. The number of carbonyl (C=O) groups excluding carboxylic acids is 1. The van der Waals surface area contributed by atoms with Crippen LogP contribution >= 0.6 is 0 Å². The summed E-state index contributed by atoms with van der Waals surface area (Å²) in [4.78, 5) is 26.4. The summed E-state index contributed by atoms with van der Waals surface area (Å²) in [7, 11) is 0. The number of aliphatic carboxylic acids is 1. The molecule has 1 amide bonds. The lowest BCUT2D eigenvalue weighted by molar-refractivity contribution is -0.143. The quantitative estimate of drug-likeness (QED) is 0.811. The Morgan fingerprint density at radius 3 is 2.52 bits per heavy atom. The van der Waals surface area contributed by atoms with Crippen molar-refractivity contribution in [2.75, 3.05) is 5.32 Å². The van der Waals surface area contributed by atoms with E-state index in [0.29, 0.717) is 25.7 Å². The third-order valence-electron chi connectivity index (χ3n) is 4.30. The first kappa shape index (κ1) is 13.7. The molecule has 1 aromatic heterocycles. The molecule has 1 heterocycles. The number of carboxylic acid groups (broad SMARTS) is 1. The molecule has 1 aromatic carbocycles. The first-order valence-corrected chi connectivity index (χ1v) is 7.25. The topological polar surface area (TPSA) is 82.2 Å². The second-order valence-electron chi connectivity index (χ2n) is 5.62. The number of amides is 1. The van der Waals surface area contributed by atoms with Gasteiger partial charge in [0, 0.05) is 23.0 Å². The van der Waals surface area contributed by atoms with Crippen LogP contribution in [0.2, 0.25) is 0 Å². The van der Waals surface area contributed by atoms with Gasteiger partial charge < -0.3 is 15.4 Å². The number of hydrogen-bond acceptors (Lipinski definition) is 2. The minimum Gasteiger partial charge on any atom is -0.481 e. The summed E-state index contributed by atoms with van der Waals surface area (Å²) in [6.07, 6.45) is 4.31. The van der Waals surface area contributed by atoms with E-state index in [2.05, 4.69) is 10.3 Å². The van der Waals surface area contributed by atoms with Crippen LogP contribution < -0.4 is 5.32 Å². The SMILES string of the molecule is O=C(O)C1CCC(C(=O)Nc2cccc3[nH]ccc23)CC1. The summed E-state index contributed by atoms with van der Waals surface area (Å²) >= 11 is 0. The lowest BCUT2D eigenvalue weighted by Crippen LogP contribution is -2.29. The van der Waals surface area contributed by atoms with Crippen molar-refractivity contribution in [3.05, 3.63) is 30.5 Å². The smallest absolute Gasteiger partial charge is 0.306 e. The molecule has 1 aliphatic carbocycles. The van der Waals surface area contributed by atoms with Gasteiger partial charge in [0.25, 0.3) is 0 Å². The van der Waals surface area contributed by atoms with Gasteiger partial charge in [0.15, 0.2) is 0 Å². The number of fused-ring (bicyclic) bond motifs is 1. The Balaban J connectivity index is 1.67. The third-order valence-corrected chi connectivity index (χ3v) is 4.30. The van der Waals surface area contributed by atoms with Gasteiger partial charge in [-0.2, -0.15) is 0 Å². The summed E-state index contributed by atoms with van der Waals surface area (Å²) in [5.41, 5.74) is 1.79. The molecule has 5 nitrogen and oxygen atoms in total. The lowest BCUT2D eigenvalue weighted by Gasteiger charge is -2.25. The van der Waals surface area contributed by atoms with E-state index in [0.717, 1.165) is 16.6 Å². The number of aromatic amines is 1. The van der Waals surface area contributed by atoms with E-state index in [1.54, 1.807) is 0 Å². The summed E-state index contributed by atoms with van der Waals surface area (Å²) in [6, 6.07) is 7.68. The number of aromatic nitrogens is 1. The fraction of sp³-hybridized carbons (Fsp3) is 0.375. The third kappa shape index (κ3) is 2.77. The molecule has 1 aliphatic rings. The Morgan fingerprint density at radius 1 is 1.10 bits per heavy atom. The van der Waals surface area contributed by atoms with Gasteiger partial charge in [0.05, 0.1) is 11.6 Å². The highest BCUT2D eigenvalue weighted by molar-refractivity contribution is 6.02. The fourth-order valence-corrected chi connectivity index (χ4v) is 3.03. The standard InChI is InChI=1S/C16H18N2O3/c19-15(10-4-6-11(7-5-10)16(20)21)18-14-3-1-2-13-12(14)8-9-17-13/h1-3,8-11,17H,4-7H2,(H,18,19)(H,20,21). The molecular weight excluding hydrogens is 268 g/mol. The van der Waals surface area contributed by atoms with Gasteiger partial charge in [0.2, 0.25) is 5.91 Å². The predicted molar refractivity (Wildman–Crippen MR) is 80.0 cm³/mol. The number of anilines is 1. The van der Waals surface area contributed by atoms with Crippen molar-refractivity contribution in [3.63, 3.8) is 0 Å². The van der Waals surface area contributed by atoms with E-state index in [1.165, 1.54) is 0 Å². The monoisotopic (exact) mass is 286 g/mol. The highest BCUT2D eigenvalue weighted by Gasteiger charge is 2.29. The molecule has 0 bridgehead atoms. The van der Waals surface area contributed by atoms with Gasteiger partial charge in [-0.3, -0.25) is 9.59 Å². The molecule has 3 N–H and O–H groups in total. The average molecular weight is 286 g/mol. The van der Waals surface area contributed by atoms with Crippen LogP contribution in [0.25, 0.3) is 10.9 Å². The van der Waals surface area contributed by atoms with Crippen LogP contribution in [0.5, 0.6) is 0 Å². The number of benzene rings is 1. The highest BCUT2D eigenvalue weighted by atomic mass is 16.4. The van der Waals surface area contributed by atoms with Crippen molar-refractivity contribution in [2.45, 2.75) is 25.7 Å². The van der Waals surface area contributed by atoms with Crippen molar-refractivity contribution in [1.82, 2.24) is 4.98 Å². The molecule has 0 aliphatic heterocycles. The van der Waals surface area contributed by atoms with Crippen molar-refractivity contribution < 1.29 is 14.7 Å². The Morgan fingerprint density at radius 2 is 1.81 bits per heavy atom. The van der Waals surface area contributed by atoms with E-state index >= 15 is 0 Å². The second kappa shape index (κ2) is 5.60. The van der Waals surface area contributed by atoms with E-state index in [4.69, 9.17) is 5.11 Å². The summed E-state index contributed by atoms with van der Waals surface area (Å²) in [6.45, 7) is 0. The Bertz CT molecular complexity index is 669. The maximum Gasteiger partial charge on any atom is 0.306 e. The zero-order valence-electron chi connectivity index (χ0n) is 11.6. The van der Waals surface area contributed by atoms with Crippen LogP contribution in [0.4, 0.5) is 5.69 Å². The van der Waals surface area contributed by atoms with E-state index in [9.17, 15) is 9.59 Å².